The summed E-state index contributed by atoms with van der Waals surface area (Å²) in [5.74, 6) is -1.97. The van der Waals surface area contributed by atoms with Gasteiger partial charge in [-0.1, -0.05) is 136 Å². The monoisotopic (exact) mass is 716 g/mol. The molecule has 0 aliphatic carbocycles. The van der Waals surface area contributed by atoms with E-state index in [1.807, 2.05) is 0 Å². The minimum absolute atomic E-state index is 0. The molecule has 6 N–H and O–H groups in total. The van der Waals surface area contributed by atoms with Gasteiger partial charge in [0.15, 0.2) is 5.79 Å². The van der Waals surface area contributed by atoms with Gasteiger partial charge in [0, 0.05) is 13.0 Å². The Hall–Kier alpha value is 1.83. The third-order valence-corrected chi connectivity index (χ3v) is 9.23. The van der Waals surface area contributed by atoms with Crippen molar-refractivity contribution in [2.24, 2.45) is 0 Å². The molecule has 0 radical (unpaired) electrons. The van der Waals surface area contributed by atoms with E-state index < -0.39 is 44.1 Å². The zero-order chi connectivity index (χ0) is 34.0. The second kappa shape index (κ2) is 32.5. The van der Waals surface area contributed by atoms with Crippen LogP contribution in [0.15, 0.2) is 0 Å². The summed E-state index contributed by atoms with van der Waals surface area (Å²) in [7, 11) is -4.81. The largest absolute Gasteiger partial charge is 1.00 e. The maximum atomic E-state index is 11.4. The molecular weight excluding hydrogens is 649 g/mol. The second-order valence-corrected chi connectivity index (χ2v) is 13.9. The summed E-state index contributed by atoms with van der Waals surface area (Å²) in [6.45, 7) is 3.52. The predicted molar refractivity (Wildman–Crippen MR) is 172 cm³/mol. The number of aliphatic hydroxyl groups excluding tert-OH is 4. The van der Waals surface area contributed by atoms with Gasteiger partial charge in [0.2, 0.25) is 0 Å². The van der Waals surface area contributed by atoms with Crippen LogP contribution in [0, 0.1) is 0 Å². The SMILES string of the molecule is CCCCCCCCCCCCC1(O)O[C@H](CO)[C@@H](O)[C@H](O)[C@]1(O)CCCCCCCCCCCC.O=P([O-])([O-])OCCCO.[Na+].[Na+]. The molecule has 47 heavy (non-hydrogen) atoms. The molecule has 11 nitrogen and oxygen atoms in total. The fraction of sp³-hybridized carbons (Fsp3) is 1.00. The molecule has 1 heterocycles. The van der Waals surface area contributed by atoms with E-state index in [1.54, 1.807) is 0 Å². The van der Waals surface area contributed by atoms with Crippen LogP contribution in [0.3, 0.4) is 0 Å². The van der Waals surface area contributed by atoms with Gasteiger partial charge in [-0.25, -0.2) is 0 Å². The van der Waals surface area contributed by atoms with Gasteiger partial charge in [0.05, 0.1) is 21.0 Å². The van der Waals surface area contributed by atoms with Crippen molar-refractivity contribution < 1.29 is 113 Å². The molecule has 1 rings (SSSR count). The van der Waals surface area contributed by atoms with Crippen LogP contribution in [-0.2, 0) is 13.8 Å². The third-order valence-electron chi connectivity index (χ3n) is 8.73. The molecule has 0 aromatic rings. The number of unbranched alkanes of at least 4 members (excludes halogenated alkanes) is 18. The Morgan fingerprint density at radius 3 is 1.40 bits per heavy atom. The van der Waals surface area contributed by atoms with Crippen molar-refractivity contribution >= 4 is 7.82 Å². The normalized spacial score (nSPS) is 24.2. The standard InChI is InChI=1S/C30H60O6.C3H9O5P.2Na/c1-3-5-7-9-11-13-15-17-19-21-23-29(34)28(33)27(32)26(25-31)36-30(29,35)24-22-20-18-16-14-12-10-8-6-4-2;4-2-1-3-8-9(5,6)7;;/h26-28,31-35H,3-25H2,1-2H3;4H,1-3H2,(H2,5,6,7);;/q;;2*+1/p-2/t26-,27-,28+,29-,30?;;;/m1.../s1. The van der Waals surface area contributed by atoms with Gasteiger partial charge in [0.25, 0.3) is 0 Å². The molecule has 1 aliphatic rings. The molecule has 0 bridgehead atoms. The van der Waals surface area contributed by atoms with Crippen molar-refractivity contribution in [2.45, 2.75) is 191 Å². The number of phosphoric acid groups is 1. The van der Waals surface area contributed by atoms with Gasteiger partial charge in [-0.05, 0) is 19.3 Å². The summed E-state index contributed by atoms with van der Waals surface area (Å²) in [6.07, 6.45) is 19.3. The molecule has 1 aliphatic heterocycles. The van der Waals surface area contributed by atoms with Crippen LogP contribution in [0.1, 0.15) is 162 Å². The number of aliphatic hydroxyl groups is 6. The first-order valence-electron chi connectivity index (χ1n) is 17.8. The Morgan fingerprint density at radius 1 is 0.660 bits per heavy atom. The van der Waals surface area contributed by atoms with E-state index in [1.165, 1.54) is 77.0 Å². The van der Waals surface area contributed by atoms with E-state index in [0.717, 1.165) is 38.5 Å². The first-order chi connectivity index (χ1) is 21.4. The average molecular weight is 717 g/mol. The van der Waals surface area contributed by atoms with Crippen molar-refractivity contribution in [3.05, 3.63) is 0 Å². The van der Waals surface area contributed by atoms with Crippen LogP contribution in [-0.4, -0.2) is 80.2 Å². The second-order valence-electron chi connectivity index (χ2n) is 12.7. The molecular formula is C33H67Na2O11P. The molecule has 0 spiro atoms. The van der Waals surface area contributed by atoms with E-state index in [9.17, 15) is 39.9 Å². The summed E-state index contributed by atoms with van der Waals surface area (Å²) >= 11 is 0. The van der Waals surface area contributed by atoms with Crippen LogP contribution in [0.4, 0.5) is 0 Å². The molecule has 0 aromatic heterocycles. The van der Waals surface area contributed by atoms with Gasteiger partial charge >= 0.3 is 59.1 Å². The summed E-state index contributed by atoms with van der Waals surface area (Å²) in [4.78, 5) is 19.3. The maximum Gasteiger partial charge on any atom is 1.00 e. The Kier molecular flexibility index (Phi) is 36.8. The van der Waals surface area contributed by atoms with Gasteiger partial charge in [0.1, 0.15) is 23.9 Å². The first-order valence-corrected chi connectivity index (χ1v) is 19.3. The summed E-state index contributed by atoms with van der Waals surface area (Å²) in [5.41, 5.74) is -1.95. The Bertz CT molecular complexity index is 737. The molecule has 1 fully saturated rings. The van der Waals surface area contributed by atoms with Gasteiger partial charge < -0.3 is 54.3 Å². The van der Waals surface area contributed by atoms with Crippen molar-refractivity contribution in [3.63, 3.8) is 0 Å². The van der Waals surface area contributed by atoms with Crippen molar-refractivity contribution in [3.8, 4) is 0 Å². The van der Waals surface area contributed by atoms with E-state index in [0.29, 0.717) is 12.8 Å². The first kappa shape index (κ1) is 53.2. The summed E-state index contributed by atoms with van der Waals surface area (Å²) < 4.78 is 19.1. The molecule has 1 unspecified atom stereocenters. The van der Waals surface area contributed by atoms with Gasteiger partial charge in [-0.2, -0.15) is 0 Å². The van der Waals surface area contributed by atoms with Crippen molar-refractivity contribution in [2.75, 3.05) is 19.8 Å². The number of hydrogen-bond donors (Lipinski definition) is 6. The van der Waals surface area contributed by atoms with E-state index in [2.05, 4.69) is 18.4 Å². The summed E-state index contributed by atoms with van der Waals surface area (Å²) in [5, 5.41) is 61.7. The number of phosphoric ester groups is 1. The van der Waals surface area contributed by atoms with Crippen LogP contribution in [0.25, 0.3) is 0 Å². The molecule has 0 amide bonds. The average Bonchev–Trinajstić information content (AvgIpc) is 3.00. The van der Waals surface area contributed by atoms with Crippen LogP contribution < -0.4 is 68.9 Å². The van der Waals surface area contributed by atoms with Crippen LogP contribution in [0.2, 0.25) is 0 Å². The molecule has 272 valence electrons. The van der Waals surface area contributed by atoms with E-state index in [4.69, 9.17) is 9.84 Å². The number of ether oxygens (including phenoxy) is 1. The molecule has 1 saturated heterocycles. The van der Waals surface area contributed by atoms with Crippen molar-refractivity contribution in [1.29, 1.82) is 0 Å². The minimum atomic E-state index is -4.81. The fourth-order valence-electron chi connectivity index (χ4n) is 5.88. The molecule has 0 aromatic carbocycles. The summed E-state index contributed by atoms with van der Waals surface area (Å²) in [6, 6.07) is 0. The zero-order valence-corrected chi connectivity index (χ0v) is 35.2. The minimum Gasteiger partial charge on any atom is -0.790 e. The smallest absolute Gasteiger partial charge is 0.790 e. The van der Waals surface area contributed by atoms with Crippen molar-refractivity contribution in [1.82, 2.24) is 0 Å². The van der Waals surface area contributed by atoms with E-state index in [-0.39, 0.29) is 91.6 Å². The Balaban J connectivity index is -0.00000153. The quantitative estimate of drug-likeness (QED) is 0.0324. The fourth-order valence-corrected chi connectivity index (χ4v) is 6.23. The number of rotatable bonds is 27. The third kappa shape index (κ3) is 24.7. The molecule has 5 atom stereocenters. The molecule has 14 heteroatoms. The number of hydrogen-bond acceptors (Lipinski definition) is 11. The predicted octanol–water partition coefficient (Wildman–Crippen LogP) is -1.64. The topological polar surface area (TPSA) is 203 Å². The Labute approximate surface area is 329 Å². The van der Waals surface area contributed by atoms with Gasteiger partial charge in [-0.3, -0.25) is 0 Å². The Morgan fingerprint density at radius 2 is 1.04 bits per heavy atom. The zero-order valence-electron chi connectivity index (χ0n) is 30.3. The van der Waals surface area contributed by atoms with Crippen LogP contribution in [0.5, 0.6) is 0 Å². The maximum absolute atomic E-state index is 11.4. The molecule has 0 saturated carbocycles. The van der Waals surface area contributed by atoms with Gasteiger partial charge in [-0.15, -0.1) is 0 Å². The van der Waals surface area contributed by atoms with E-state index >= 15 is 0 Å². The van der Waals surface area contributed by atoms with Crippen LogP contribution >= 0.6 is 7.82 Å².